The maximum Gasteiger partial charge on any atom is 0.164 e. The average Bonchev–Trinajstić information content (AvgIpc) is 3.31. The zero-order valence-electron chi connectivity index (χ0n) is 16.5. The van der Waals surface area contributed by atoms with Crippen LogP contribution in [-0.2, 0) is 0 Å². The first kappa shape index (κ1) is 18.6. The third-order valence-corrected chi connectivity index (χ3v) is 6.11. The lowest BCUT2D eigenvalue weighted by Crippen LogP contribution is -3.06. The molecule has 0 spiro atoms. The normalized spacial score (nSPS) is 12.6. The van der Waals surface area contributed by atoms with Crippen molar-refractivity contribution in [2.45, 2.75) is 19.9 Å². The number of nitrogens with zero attached hydrogens (tertiary/aromatic N) is 3. The number of nitrogens with one attached hydrogen (secondary N) is 2. The minimum atomic E-state index is 0.182. The largest absolute Gasteiger partial charge is 0.463 e. The number of fused-ring (bicyclic) bond motifs is 1. The van der Waals surface area contributed by atoms with E-state index in [-0.39, 0.29) is 6.04 Å². The van der Waals surface area contributed by atoms with Crippen LogP contribution in [0.3, 0.4) is 0 Å². The molecule has 0 aliphatic heterocycles. The fourth-order valence-electron chi connectivity index (χ4n) is 3.28. The summed E-state index contributed by atoms with van der Waals surface area (Å²) in [5, 5.41) is 4.68. The van der Waals surface area contributed by atoms with Crippen LogP contribution in [0.5, 0.6) is 0 Å². The highest BCUT2D eigenvalue weighted by molar-refractivity contribution is 7.18. The van der Waals surface area contributed by atoms with Crippen molar-refractivity contribution in [3.8, 4) is 11.4 Å². The minimum absolute atomic E-state index is 0.182. The van der Waals surface area contributed by atoms with E-state index in [2.05, 4.69) is 38.2 Å². The first-order valence-electron chi connectivity index (χ1n) is 9.30. The molecule has 0 amide bonds. The average molecular weight is 395 g/mol. The van der Waals surface area contributed by atoms with Crippen molar-refractivity contribution >= 4 is 27.4 Å². The van der Waals surface area contributed by atoms with Gasteiger partial charge in [0.2, 0.25) is 0 Å². The maximum absolute atomic E-state index is 5.65. The summed E-state index contributed by atoms with van der Waals surface area (Å²) < 4.78 is 5.65. The number of hydrogen-bond acceptors (Lipinski definition) is 6. The first-order valence-corrected chi connectivity index (χ1v) is 10.1. The van der Waals surface area contributed by atoms with Gasteiger partial charge in [-0.25, -0.2) is 9.97 Å². The van der Waals surface area contributed by atoms with E-state index in [9.17, 15) is 0 Å². The van der Waals surface area contributed by atoms with E-state index in [0.29, 0.717) is 12.4 Å². The Kier molecular flexibility index (Phi) is 5.11. The summed E-state index contributed by atoms with van der Waals surface area (Å²) in [5.41, 5.74) is 2.14. The van der Waals surface area contributed by atoms with E-state index in [0.717, 1.165) is 27.4 Å². The van der Waals surface area contributed by atoms with Crippen LogP contribution in [0.2, 0.25) is 0 Å². The number of rotatable bonds is 6. The van der Waals surface area contributed by atoms with E-state index in [1.807, 2.05) is 24.3 Å². The Labute approximate surface area is 168 Å². The van der Waals surface area contributed by atoms with Crippen LogP contribution >= 0.6 is 11.3 Å². The summed E-state index contributed by atoms with van der Waals surface area (Å²) in [6, 6.07) is 8.03. The second-order valence-electron chi connectivity index (χ2n) is 7.13. The summed E-state index contributed by atoms with van der Waals surface area (Å²) in [6.45, 7) is 4.97. The van der Waals surface area contributed by atoms with Crippen molar-refractivity contribution in [3.05, 3.63) is 59.1 Å². The summed E-state index contributed by atoms with van der Waals surface area (Å²) in [7, 11) is 4.26. The third-order valence-electron chi connectivity index (χ3n) is 5.01. The molecule has 0 bridgehead atoms. The highest BCUT2D eigenvalue weighted by Crippen LogP contribution is 2.35. The van der Waals surface area contributed by atoms with Gasteiger partial charge in [0.25, 0.3) is 0 Å². The number of hydrogen-bond donors (Lipinski definition) is 2. The van der Waals surface area contributed by atoms with E-state index in [1.54, 1.807) is 30.0 Å². The molecule has 4 rings (SSSR count). The molecule has 0 saturated heterocycles. The number of aromatic nitrogens is 3. The van der Waals surface area contributed by atoms with Crippen molar-refractivity contribution in [1.82, 2.24) is 15.0 Å². The van der Waals surface area contributed by atoms with Gasteiger partial charge in [0, 0.05) is 22.8 Å². The smallest absolute Gasteiger partial charge is 0.164 e. The number of quaternary nitrogens is 1. The molecule has 4 aromatic rings. The molecular formula is C21H24N5OS+. The fraction of sp³-hybridized carbons (Fsp3) is 0.286. The van der Waals surface area contributed by atoms with Gasteiger partial charge in [-0.1, -0.05) is 0 Å². The molecule has 0 aromatic carbocycles. The van der Waals surface area contributed by atoms with Crippen molar-refractivity contribution in [3.63, 3.8) is 0 Å². The van der Waals surface area contributed by atoms with Crippen molar-refractivity contribution in [2.75, 3.05) is 26.0 Å². The van der Waals surface area contributed by atoms with Gasteiger partial charge in [-0.3, -0.25) is 4.98 Å². The molecule has 4 heterocycles. The second-order valence-corrected chi connectivity index (χ2v) is 8.33. The van der Waals surface area contributed by atoms with E-state index < -0.39 is 0 Å². The molecule has 7 heteroatoms. The zero-order valence-corrected chi connectivity index (χ0v) is 17.3. The van der Waals surface area contributed by atoms with Crippen molar-refractivity contribution in [2.24, 2.45) is 0 Å². The second kappa shape index (κ2) is 7.69. The number of pyridine rings is 1. The molecule has 0 fully saturated rings. The highest BCUT2D eigenvalue weighted by atomic mass is 32.1. The molecule has 1 atom stereocenters. The van der Waals surface area contributed by atoms with Crippen LogP contribution in [0.25, 0.3) is 21.6 Å². The van der Waals surface area contributed by atoms with Gasteiger partial charge >= 0.3 is 0 Å². The van der Waals surface area contributed by atoms with Crippen LogP contribution in [0, 0.1) is 13.8 Å². The summed E-state index contributed by atoms with van der Waals surface area (Å²) in [4.78, 5) is 17.4. The Balaban J connectivity index is 1.74. The Hall–Kier alpha value is -2.77. The molecule has 28 heavy (non-hydrogen) atoms. The lowest BCUT2D eigenvalue weighted by atomic mass is 10.1. The lowest BCUT2D eigenvalue weighted by Gasteiger charge is -2.20. The van der Waals surface area contributed by atoms with Gasteiger partial charge in [-0.05, 0) is 43.7 Å². The molecule has 6 nitrogen and oxygen atoms in total. The number of anilines is 1. The quantitative estimate of drug-likeness (QED) is 0.525. The number of furan rings is 1. The van der Waals surface area contributed by atoms with Gasteiger partial charge in [0.15, 0.2) is 17.6 Å². The molecule has 144 valence electrons. The molecule has 2 N–H and O–H groups in total. The van der Waals surface area contributed by atoms with Gasteiger partial charge in [0.1, 0.15) is 10.6 Å². The van der Waals surface area contributed by atoms with Gasteiger partial charge in [0.05, 0.1) is 32.3 Å². The fourth-order valence-corrected chi connectivity index (χ4v) is 4.31. The molecule has 0 unspecified atom stereocenters. The van der Waals surface area contributed by atoms with Gasteiger partial charge < -0.3 is 14.6 Å². The zero-order chi connectivity index (χ0) is 19.7. The molecule has 0 radical (unpaired) electrons. The molecule has 0 aliphatic rings. The van der Waals surface area contributed by atoms with Crippen molar-refractivity contribution < 1.29 is 9.32 Å². The van der Waals surface area contributed by atoms with Crippen LogP contribution in [0.4, 0.5) is 5.82 Å². The number of likely N-dealkylation sites (N-methyl/N-ethyl adjacent to an activating group) is 1. The standard InChI is InChI=1S/C21H23N5OS/c1-13-14(2)28-21-18(13)20(24-19(25-21)15-7-5-9-22-11-15)23-12-16(26(3)4)17-8-6-10-27-17/h5-11,16H,12H2,1-4H3,(H,23,24,25)/p+1/t16-/m1/s1. The monoisotopic (exact) mass is 394 g/mol. The van der Waals surface area contributed by atoms with Gasteiger partial charge in [-0.15, -0.1) is 11.3 Å². The highest BCUT2D eigenvalue weighted by Gasteiger charge is 2.22. The topological polar surface area (TPSA) is 68.3 Å². The van der Waals surface area contributed by atoms with Crippen LogP contribution in [0.15, 0.2) is 47.3 Å². The molecule has 0 aliphatic carbocycles. The van der Waals surface area contributed by atoms with Crippen molar-refractivity contribution in [1.29, 1.82) is 0 Å². The Bertz CT molecular complexity index is 1070. The molecule has 4 aromatic heterocycles. The molecule has 0 saturated carbocycles. The maximum atomic E-state index is 5.65. The van der Waals surface area contributed by atoms with E-state index in [4.69, 9.17) is 14.4 Å². The van der Waals surface area contributed by atoms with Gasteiger partial charge in [-0.2, -0.15) is 0 Å². The Morgan fingerprint density at radius 2 is 2.04 bits per heavy atom. The SMILES string of the molecule is Cc1sc2nc(-c3cccnc3)nc(NC[C@H](c3ccco3)[NH+](C)C)c2c1C. The molecular weight excluding hydrogens is 370 g/mol. The Morgan fingerprint density at radius 3 is 2.71 bits per heavy atom. The van der Waals surface area contributed by atoms with Crippen LogP contribution in [0.1, 0.15) is 22.2 Å². The van der Waals surface area contributed by atoms with Crippen LogP contribution < -0.4 is 10.2 Å². The third kappa shape index (κ3) is 3.50. The number of thiophene rings is 1. The Morgan fingerprint density at radius 1 is 1.18 bits per heavy atom. The van der Waals surface area contributed by atoms with E-state index in [1.165, 1.54) is 15.3 Å². The summed E-state index contributed by atoms with van der Waals surface area (Å²) in [6.07, 6.45) is 5.28. The van der Waals surface area contributed by atoms with E-state index >= 15 is 0 Å². The minimum Gasteiger partial charge on any atom is -0.463 e. The van der Waals surface area contributed by atoms with Crippen LogP contribution in [-0.4, -0.2) is 35.6 Å². The predicted octanol–water partition coefficient (Wildman–Crippen LogP) is 3.26. The predicted molar refractivity (Wildman–Crippen MR) is 113 cm³/mol. The summed E-state index contributed by atoms with van der Waals surface area (Å²) >= 11 is 1.70. The first-order chi connectivity index (χ1) is 13.5. The lowest BCUT2D eigenvalue weighted by molar-refractivity contribution is -0.891. The summed E-state index contributed by atoms with van der Waals surface area (Å²) in [5.74, 6) is 2.52. The number of aryl methyl sites for hydroxylation is 2.